The molecule has 0 saturated carbocycles. The lowest BCUT2D eigenvalue weighted by molar-refractivity contribution is -0.113. The first-order chi connectivity index (χ1) is 15.8. The van der Waals surface area contributed by atoms with Crippen molar-refractivity contribution in [3.8, 4) is 0 Å². The molecule has 0 unspecified atom stereocenters. The van der Waals surface area contributed by atoms with E-state index in [1.54, 1.807) is 22.7 Å². The minimum atomic E-state index is -0.121. The predicted molar refractivity (Wildman–Crippen MR) is 132 cm³/mol. The molecule has 1 fully saturated rings. The first kappa shape index (κ1) is 20.4. The molecule has 0 spiro atoms. The zero-order valence-corrected chi connectivity index (χ0v) is 18.6. The van der Waals surface area contributed by atoms with Crippen LogP contribution in [-0.4, -0.2) is 11.1 Å². The van der Waals surface area contributed by atoms with Crippen LogP contribution in [0.25, 0.3) is 6.08 Å². The van der Waals surface area contributed by atoms with Gasteiger partial charge in [-0.1, -0.05) is 66.4 Å². The molecule has 6 heteroatoms. The van der Waals surface area contributed by atoms with Crippen LogP contribution in [0.1, 0.15) is 5.76 Å². The number of furan rings is 1. The molecule has 0 aliphatic carbocycles. The van der Waals surface area contributed by atoms with Gasteiger partial charge < -0.3 is 4.42 Å². The standard InChI is InChI=1S/C26H18N2O2S2/c29-25-23(18-21-16-17-24(30-21)31-22-14-8-3-9-15-22)32-26(27-19-10-4-1-5-11-19)28(25)20-12-6-2-7-13-20/h1-18H/b23-18-,27-26?. The van der Waals surface area contributed by atoms with Crippen molar-refractivity contribution < 1.29 is 9.21 Å². The van der Waals surface area contributed by atoms with E-state index in [0.717, 1.165) is 21.4 Å². The lowest BCUT2D eigenvalue weighted by Crippen LogP contribution is -2.28. The van der Waals surface area contributed by atoms with Crippen LogP contribution in [0.4, 0.5) is 11.4 Å². The van der Waals surface area contributed by atoms with Crippen molar-refractivity contribution >= 4 is 52.0 Å². The van der Waals surface area contributed by atoms with Gasteiger partial charge in [-0.25, -0.2) is 4.99 Å². The number of para-hydroxylation sites is 2. The second-order valence-corrected chi connectivity index (χ2v) is 8.98. The Labute approximate surface area is 194 Å². The van der Waals surface area contributed by atoms with Gasteiger partial charge in [0.25, 0.3) is 5.91 Å². The highest BCUT2D eigenvalue weighted by molar-refractivity contribution is 8.19. The van der Waals surface area contributed by atoms with Crippen LogP contribution in [-0.2, 0) is 4.79 Å². The van der Waals surface area contributed by atoms with Crippen LogP contribution in [0.2, 0.25) is 0 Å². The Morgan fingerprint density at radius 1 is 0.812 bits per heavy atom. The fourth-order valence-corrected chi connectivity index (χ4v) is 4.95. The number of hydrogen-bond acceptors (Lipinski definition) is 5. The van der Waals surface area contributed by atoms with Crippen molar-refractivity contribution in [2.45, 2.75) is 9.99 Å². The average Bonchev–Trinajstić information content (AvgIpc) is 3.39. The zero-order chi connectivity index (χ0) is 21.8. The number of carbonyl (C=O) groups excluding carboxylic acids is 1. The Bertz CT molecular complexity index is 1280. The number of carbonyl (C=O) groups is 1. The van der Waals surface area contributed by atoms with Crippen molar-refractivity contribution in [2.75, 3.05) is 4.90 Å². The molecule has 0 bridgehead atoms. The van der Waals surface area contributed by atoms with E-state index in [2.05, 4.69) is 0 Å². The van der Waals surface area contributed by atoms with E-state index in [-0.39, 0.29) is 5.91 Å². The highest BCUT2D eigenvalue weighted by atomic mass is 32.2. The summed E-state index contributed by atoms with van der Waals surface area (Å²) in [5.41, 5.74) is 1.58. The van der Waals surface area contributed by atoms with Gasteiger partial charge in [-0.05, 0) is 60.3 Å². The predicted octanol–water partition coefficient (Wildman–Crippen LogP) is 7.24. The summed E-state index contributed by atoms with van der Waals surface area (Å²) in [4.78, 5) is 21.4. The number of amidine groups is 1. The Morgan fingerprint density at radius 2 is 1.47 bits per heavy atom. The number of nitrogens with zero attached hydrogens (tertiary/aromatic N) is 2. The summed E-state index contributed by atoms with van der Waals surface area (Å²) in [5.74, 6) is 0.512. The van der Waals surface area contributed by atoms with Crippen LogP contribution in [0.5, 0.6) is 0 Å². The number of amides is 1. The van der Waals surface area contributed by atoms with Crippen LogP contribution in [0, 0.1) is 0 Å². The number of anilines is 1. The Hall–Kier alpha value is -3.48. The van der Waals surface area contributed by atoms with Crippen molar-refractivity contribution in [2.24, 2.45) is 4.99 Å². The second-order valence-electron chi connectivity index (χ2n) is 6.89. The minimum Gasteiger partial charge on any atom is -0.450 e. The second kappa shape index (κ2) is 9.34. The van der Waals surface area contributed by atoms with Gasteiger partial charge in [-0.2, -0.15) is 0 Å². The van der Waals surface area contributed by atoms with Gasteiger partial charge in [-0.15, -0.1) is 0 Å². The summed E-state index contributed by atoms with van der Waals surface area (Å²) in [7, 11) is 0. The fourth-order valence-electron chi connectivity index (χ4n) is 3.17. The van der Waals surface area contributed by atoms with Crippen molar-refractivity contribution in [3.05, 3.63) is 114 Å². The molecule has 156 valence electrons. The Morgan fingerprint density at radius 3 is 2.19 bits per heavy atom. The molecule has 1 saturated heterocycles. The molecule has 1 aliphatic rings. The van der Waals surface area contributed by atoms with Gasteiger partial charge in [0.1, 0.15) is 5.76 Å². The Kier molecular flexibility index (Phi) is 5.96. The molecule has 0 N–H and O–H groups in total. The SMILES string of the molecule is O=C1/C(=C/c2ccc(Sc3ccccc3)o2)SC(=Nc2ccccc2)N1c1ccccc1. The quantitative estimate of drug-likeness (QED) is 0.298. The summed E-state index contributed by atoms with van der Waals surface area (Å²) < 4.78 is 5.95. The maximum Gasteiger partial charge on any atom is 0.271 e. The minimum absolute atomic E-state index is 0.121. The third-order valence-electron chi connectivity index (χ3n) is 4.64. The third-order valence-corrected chi connectivity index (χ3v) is 6.54. The summed E-state index contributed by atoms with van der Waals surface area (Å²) in [6, 6.07) is 33.0. The normalized spacial score (nSPS) is 16.2. The maximum atomic E-state index is 13.3. The lowest BCUT2D eigenvalue weighted by atomic mass is 10.3. The average molecular weight is 455 g/mol. The molecule has 1 amide bonds. The third kappa shape index (κ3) is 4.56. The molecule has 1 aliphatic heterocycles. The number of rotatable bonds is 5. The van der Waals surface area contributed by atoms with E-state index in [9.17, 15) is 4.79 Å². The molecule has 3 aromatic carbocycles. The highest BCUT2D eigenvalue weighted by Gasteiger charge is 2.35. The van der Waals surface area contributed by atoms with E-state index in [1.165, 1.54) is 11.8 Å². The van der Waals surface area contributed by atoms with Crippen molar-refractivity contribution in [3.63, 3.8) is 0 Å². The molecule has 2 heterocycles. The van der Waals surface area contributed by atoms with Gasteiger partial charge in [0.05, 0.1) is 16.3 Å². The van der Waals surface area contributed by atoms with Crippen LogP contribution < -0.4 is 4.90 Å². The van der Waals surface area contributed by atoms with Gasteiger partial charge in [-0.3, -0.25) is 9.69 Å². The van der Waals surface area contributed by atoms with Crippen molar-refractivity contribution in [1.82, 2.24) is 0 Å². The largest absolute Gasteiger partial charge is 0.450 e. The lowest BCUT2D eigenvalue weighted by Gasteiger charge is -2.15. The van der Waals surface area contributed by atoms with E-state index >= 15 is 0 Å². The summed E-state index contributed by atoms with van der Waals surface area (Å²) in [6.45, 7) is 0. The van der Waals surface area contributed by atoms with Crippen LogP contribution in [0.3, 0.4) is 0 Å². The zero-order valence-electron chi connectivity index (χ0n) is 16.9. The van der Waals surface area contributed by atoms with Gasteiger partial charge >= 0.3 is 0 Å². The molecule has 4 aromatic rings. The molecule has 32 heavy (non-hydrogen) atoms. The molecule has 0 radical (unpaired) electrons. The first-order valence-corrected chi connectivity index (χ1v) is 11.6. The first-order valence-electron chi connectivity index (χ1n) is 10.0. The molecular formula is C26H18N2O2S2. The summed E-state index contributed by atoms with van der Waals surface area (Å²) in [6.07, 6.45) is 1.78. The van der Waals surface area contributed by atoms with Crippen molar-refractivity contribution in [1.29, 1.82) is 0 Å². The molecule has 0 atom stereocenters. The number of hydrogen-bond donors (Lipinski definition) is 0. The maximum absolute atomic E-state index is 13.3. The topological polar surface area (TPSA) is 45.8 Å². The fraction of sp³-hybridized carbons (Fsp3) is 0. The number of aliphatic imine (C=N–C) groups is 1. The summed E-state index contributed by atoms with van der Waals surface area (Å²) >= 11 is 2.89. The summed E-state index contributed by atoms with van der Waals surface area (Å²) in [5, 5.41) is 1.39. The highest BCUT2D eigenvalue weighted by Crippen LogP contribution is 2.38. The molecule has 1 aromatic heterocycles. The molecule has 4 nitrogen and oxygen atoms in total. The number of thioether (sulfide) groups is 1. The van der Waals surface area contributed by atoms with Gasteiger partial charge in [0, 0.05) is 11.0 Å². The van der Waals surface area contributed by atoms with Gasteiger partial charge in [0.2, 0.25) is 0 Å². The molecular weight excluding hydrogens is 436 g/mol. The van der Waals surface area contributed by atoms with E-state index < -0.39 is 0 Å². The van der Waals surface area contributed by atoms with Crippen LogP contribution in [0.15, 0.2) is 127 Å². The molecule has 5 rings (SSSR count). The van der Waals surface area contributed by atoms with E-state index in [1.807, 2.05) is 103 Å². The van der Waals surface area contributed by atoms with E-state index in [0.29, 0.717) is 15.8 Å². The Balaban J connectivity index is 1.45. The van der Waals surface area contributed by atoms with E-state index in [4.69, 9.17) is 9.41 Å². The smallest absolute Gasteiger partial charge is 0.271 e. The number of benzene rings is 3. The van der Waals surface area contributed by atoms with Crippen LogP contribution >= 0.6 is 23.5 Å². The monoisotopic (exact) mass is 454 g/mol. The van der Waals surface area contributed by atoms with Gasteiger partial charge in [0.15, 0.2) is 10.3 Å².